The van der Waals surface area contributed by atoms with Crippen molar-refractivity contribution in [3.05, 3.63) is 75.4 Å². The van der Waals surface area contributed by atoms with Gasteiger partial charge < -0.3 is 30.4 Å². The minimum Gasteiger partial charge on any atom is -0.504 e. The lowest BCUT2D eigenvalue weighted by Gasteiger charge is -2.28. The first-order valence-corrected chi connectivity index (χ1v) is 8.93. The van der Waals surface area contributed by atoms with Crippen LogP contribution < -0.4 is 16.0 Å². The Labute approximate surface area is 164 Å². The fourth-order valence-corrected chi connectivity index (χ4v) is 3.53. The molecule has 0 bridgehead atoms. The zero-order valence-electron chi connectivity index (χ0n) is 15.4. The number of para-hydroxylation sites is 1. The van der Waals surface area contributed by atoms with Crippen LogP contribution in [0.25, 0.3) is 10.9 Å². The van der Waals surface area contributed by atoms with Crippen LogP contribution in [0.15, 0.2) is 58.7 Å². The average Bonchev–Trinajstić information content (AvgIpc) is 2.69. The molecule has 0 saturated heterocycles. The monoisotopic (exact) mass is 394 g/mol. The molecule has 2 heterocycles. The van der Waals surface area contributed by atoms with E-state index >= 15 is 0 Å². The Bertz CT molecular complexity index is 1230. The first-order valence-electron chi connectivity index (χ1n) is 8.93. The number of hydrogen-bond acceptors (Lipinski definition) is 7. The third-order valence-electron chi connectivity index (χ3n) is 4.79. The van der Waals surface area contributed by atoms with E-state index in [0.29, 0.717) is 16.5 Å². The van der Waals surface area contributed by atoms with Crippen molar-refractivity contribution in [1.29, 1.82) is 0 Å². The Morgan fingerprint density at radius 2 is 1.97 bits per heavy atom. The van der Waals surface area contributed by atoms with E-state index in [9.17, 15) is 19.8 Å². The van der Waals surface area contributed by atoms with Gasteiger partial charge in [-0.1, -0.05) is 18.2 Å². The minimum atomic E-state index is -0.961. The molecule has 1 aliphatic rings. The minimum absolute atomic E-state index is 0.0507. The summed E-state index contributed by atoms with van der Waals surface area (Å²) in [6, 6.07) is 11.1. The van der Waals surface area contributed by atoms with Crippen molar-refractivity contribution in [2.45, 2.75) is 12.8 Å². The Morgan fingerprint density at radius 3 is 2.69 bits per heavy atom. The van der Waals surface area contributed by atoms with Gasteiger partial charge in [0.15, 0.2) is 11.5 Å². The van der Waals surface area contributed by atoms with Gasteiger partial charge in [-0.3, -0.25) is 4.79 Å². The molecule has 29 heavy (non-hydrogen) atoms. The maximum absolute atomic E-state index is 13.0. The highest BCUT2D eigenvalue weighted by Crippen LogP contribution is 2.44. The van der Waals surface area contributed by atoms with Crippen molar-refractivity contribution >= 4 is 16.9 Å². The van der Waals surface area contributed by atoms with Crippen LogP contribution in [0.4, 0.5) is 0 Å². The van der Waals surface area contributed by atoms with Crippen LogP contribution in [0.1, 0.15) is 24.0 Å². The molecule has 148 valence electrons. The first-order chi connectivity index (χ1) is 13.9. The number of aromatic amines is 1. The highest BCUT2D eigenvalue weighted by Gasteiger charge is 2.38. The first kappa shape index (κ1) is 18.4. The van der Waals surface area contributed by atoms with E-state index in [2.05, 4.69) is 4.98 Å². The van der Waals surface area contributed by atoms with Crippen LogP contribution in [-0.4, -0.2) is 27.8 Å². The predicted octanol–water partition coefficient (Wildman–Crippen LogP) is 2.20. The molecule has 4 rings (SSSR count). The number of ether oxygens (including phenoxy) is 2. The van der Waals surface area contributed by atoms with Crippen molar-refractivity contribution in [2.75, 3.05) is 6.61 Å². The number of hydrogen-bond donors (Lipinski definition) is 4. The number of nitrogens with one attached hydrogen (secondary N) is 1. The second-order valence-electron chi connectivity index (χ2n) is 6.52. The van der Waals surface area contributed by atoms with Crippen LogP contribution >= 0.6 is 0 Å². The van der Waals surface area contributed by atoms with Gasteiger partial charge in [0.25, 0.3) is 5.56 Å². The number of benzene rings is 2. The lowest BCUT2D eigenvalue weighted by Crippen LogP contribution is -2.32. The van der Waals surface area contributed by atoms with Gasteiger partial charge in [0.2, 0.25) is 5.88 Å². The summed E-state index contributed by atoms with van der Waals surface area (Å²) in [4.78, 5) is 28.4. The highest BCUT2D eigenvalue weighted by atomic mass is 16.5. The van der Waals surface area contributed by atoms with E-state index in [1.807, 2.05) is 0 Å². The maximum Gasteiger partial charge on any atom is 0.340 e. The van der Waals surface area contributed by atoms with Gasteiger partial charge >= 0.3 is 5.97 Å². The maximum atomic E-state index is 13.0. The van der Waals surface area contributed by atoms with Crippen LogP contribution in [-0.2, 0) is 9.53 Å². The van der Waals surface area contributed by atoms with Crippen molar-refractivity contribution in [1.82, 2.24) is 4.98 Å². The number of H-pyrrole nitrogens is 1. The molecule has 0 aliphatic carbocycles. The lowest BCUT2D eigenvalue weighted by atomic mass is 9.82. The number of fused-ring (bicyclic) bond motifs is 3. The summed E-state index contributed by atoms with van der Waals surface area (Å²) in [5.74, 6) is -2.38. The summed E-state index contributed by atoms with van der Waals surface area (Å²) < 4.78 is 10.9. The Hall–Kier alpha value is -3.94. The van der Waals surface area contributed by atoms with Crippen molar-refractivity contribution in [2.24, 2.45) is 5.73 Å². The van der Waals surface area contributed by atoms with Crippen LogP contribution in [0.3, 0.4) is 0 Å². The standard InChI is InChI=1S/C21H18N2O6/c1-2-28-21(27)17-15(10-7-8-13(24)14(25)9-10)16-18(29-19(17)22)11-5-3-4-6-12(11)23-20(16)26/h3-9,15,24-25H,2,22H2,1H3,(H,23,26). The number of phenolic OH excluding ortho intramolecular Hbond substituents is 2. The number of phenols is 2. The molecule has 1 unspecified atom stereocenters. The van der Waals surface area contributed by atoms with Crippen LogP contribution in [0.5, 0.6) is 17.2 Å². The Balaban J connectivity index is 2.05. The predicted molar refractivity (Wildman–Crippen MR) is 105 cm³/mol. The largest absolute Gasteiger partial charge is 0.504 e. The van der Waals surface area contributed by atoms with Gasteiger partial charge in [-0.2, -0.15) is 0 Å². The van der Waals surface area contributed by atoms with Gasteiger partial charge in [-0.25, -0.2) is 4.79 Å². The molecule has 2 aromatic carbocycles. The molecular formula is C21H18N2O6. The van der Waals surface area contributed by atoms with E-state index in [1.165, 1.54) is 18.2 Å². The number of aromatic hydroxyl groups is 2. The fourth-order valence-electron chi connectivity index (χ4n) is 3.53. The number of carbonyl (C=O) groups excluding carboxylic acids is 1. The van der Waals surface area contributed by atoms with Gasteiger partial charge in [0.1, 0.15) is 11.3 Å². The van der Waals surface area contributed by atoms with Gasteiger partial charge in [0.05, 0.1) is 23.6 Å². The molecule has 8 heteroatoms. The molecular weight excluding hydrogens is 376 g/mol. The Morgan fingerprint density at radius 1 is 1.21 bits per heavy atom. The summed E-state index contributed by atoms with van der Waals surface area (Å²) in [6.45, 7) is 1.75. The molecule has 5 N–H and O–H groups in total. The van der Waals surface area contributed by atoms with E-state index in [4.69, 9.17) is 15.2 Å². The number of rotatable bonds is 3. The molecule has 1 aromatic heterocycles. The van der Waals surface area contributed by atoms with Gasteiger partial charge in [-0.15, -0.1) is 0 Å². The molecule has 0 saturated carbocycles. The molecule has 1 aliphatic heterocycles. The lowest BCUT2D eigenvalue weighted by molar-refractivity contribution is -0.139. The topological polar surface area (TPSA) is 135 Å². The molecule has 0 spiro atoms. The Kier molecular flexibility index (Phi) is 4.38. The fraction of sp³-hybridized carbons (Fsp3) is 0.143. The summed E-state index contributed by atoms with van der Waals surface area (Å²) in [5.41, 5.74) is 6.66. The van der Waals surface area contributed by atoms with Crippen molar-refractivity contribution < 1.29 is 24.5 Å². The zero-order valence-corrected chi connectivity index (χ0v) is 15.4. The molecule has 0 fully saturated rings. The van der Waals surface area contributed by atoms with E-state index in [1.54, 1.807) is 31.2 Å². The number of carbonyl (C=O) groups is 1. The van der Waals surface area contributed by atoms with Gasteiger partial charge in [-0.05, 0) is 36.8 Å². The normalized spacial score (nSPS) is 15.7. The molecule has 3 aromatic rings. The number of nitrogens with two attached hydrogens (primary N) is 1. The molecule has 8 nitrogen and oxygen atoms in total. The number of esters is 1. The van der Waals surface area contributed by atoms with Crippen LogP contribution in [0.2, 0.25) is 0 Å². The molecule has 1 atom stereocenters. The van der Waals surface area contributed by atoms with Crippen molar-refractivity contribution in [3.63, 3.8) is 0 Å². The zero-order chi connectivity index (χ0) is 20.7. The van der Waals surface area contributed by atoms with Crippen LogP contribution in [0, 0.1) is 0 Å². The number of aromatic nitrogens is 1. The summed E-state index contributed by atoms with van der Waals surface area (Å²) in [6.07, 6.45) is 0. The number of pyridine rings is 1. The second kappa shape index (κ2) is 6.90. The second-order valence-corrected chi connectivity index (χ2v) is 6.52. The summed E-state index contributed by atoms with van der Waals surface area (Å²) in [7, 11) is 0. The summed E-state index contributed by atoms with van der Waals surface area (Å²) >= 11 is 0. The highest BCUT2D eigenvalue weighted by molar-refractivity contribution is 5.95. The van der Waals surface area contributed by atoms with E-state index < -0.39 is 23.2 Å². The summed E-state index contributed by atoms with van der Waals surface area (Å²) in [5, 5.41) is 20.3. The molecule has 0 radical (unpaired) electrons. The van der Waals surface area contributed by atoms with Gasteiger partial charge in [0, 0.05) is 5.39 Å². The third kappa shape index (κ3) is 2.94. The third-order valence-corrected chi connectivity index (χ3v) is 4.79. The van der Waals surface area contributed by atoms with E-state index in [0.717, 1.165) is 0 Å². The average molecular weight is 394 g/mol. The van der Waals surface area contributed by atoms with Crippen molar-refractivity contribution in [3.8, 4) is 17.2 Å². The SMILES string of the molecule is CCOC(=O)C1=C(N)Oc2c(c(=O)[nH]c3ccccc23)C1c1ccc(O)c(O)c1. The van der Waals surface area contributed by atoms with E-state index in [-0.39, 0.29) is 35.1 Å². The quantitative estimate of drug-likeness (QED) is 0.395. The smallest absolute Gasteiger partial charge is 0.340 e. The molecule has 0 amide bonds.